The number of hydrogen-bond donors (Lipinski definition) is 4. The van der Waals surface area contributed by atoms with Crippen molar-refractivity contribution in [3.63, 3.8) is 0 Å². The van der Waals surface area contributed by atoms with Crippen LogP contribution in [0.4, 0.5) is 4.79 Å². The summed E-state index contributed by atoms with van der Waals surface area (Å²) in [5.74, 6) is -4.20. The largest absolute Gasteiger partial charge is 0.479 e. The van der Waals surface area contributed by atoms with Gasteiger partial charge >= 0.3 is 18.0 Å². The first-order valence-electron chi connectivity index (χ1n) is 3.35. The van der Waals surface area contributed by atoms with Crippen LogP contribution in [0.25, 0.3) is 0 Å². The van der Waals surface area contributed by atoms with Crippen LogP contribution in [0.5, 0.6) is 0 Å². The zero-order valence-electron chi connectivity index (χ0n) is 7.17. The Hall–Kier alpha value is -1.44. The summed E-state index contributed by atoms with van der Waals surface area (Å²) in [7, 11) is 0.862. The van der Waals surface area contributed by atoms with E-state index in [0.29, 0.717) is 0 Å². The molecule has 0 unspecified atom stereocenters. The second-order valence-corrected chi connectivity index (χ2v) is 2.79. The van der Waals surface area contributed by atoms with Crippen LogP contribution in [0, 0.1) is 0 Å². The van der Waals surface area contributed by atoms with Gasteiger partial charge in [-0.3, -0.25) is 4.90 Å². The fourth-order valence-corrected chi connectivity index (χ4v) is 1.27. The molecule has 0 aliphatic carbocycles. The third-order valence-electron chi connectivity index (χ3n) is 1.80. The molecule has 0 heterocycles. The van der Waals surface area contributed by atoms with Crippen molar-refractivity contribution in [1.82, 2.24) is 4.90 Å². The van der Waals surface area contributed by atoms with Gasteiger partial charge in [-0.2, -0.15) is 12.6 Å². The molecule has 7 nitrogen and oxygen atoms in total. The third-order valence-corrected chi connectivity index (χ3v) is 2.25. The Morgan fingerprint density at radius 1 is 1.21 bits per heavy atom. The second-order valence-electron chi connectivity index (χ2n) is 2.47. The van der Waals surface area contributed by atoms with Crippen molar-refractivity contribution in [2.45, 2.75) is 5.54 Å². The highest BCUT2D eigenvalue weighted by Crippen LogP contribution is 2.17. The topological polar surface area (TPSA) is 115 Å². The van der Waals surface area contributed by atoms with E-state index in [1.165, 1.54) is 0 Å². The summed E-state index contributed by atoms with van der Waals surface area (Å²) >= 11 is 3.55. The monoisotopic (exact) mass is 223 g/mol. The first-order valence-corrected chi connectivity index (χ1v) is 3.98. The lowest BCUT2D eigenvalue weighted by molar-refractivity contribution is -0.163. The summed E-state index contributed by atoms with van der Waals surface area (Å²) in [5, 5.41) is 25.9. The maximum Gasteiger partial charge on any atom is 0.408 e. The Morgan fingerprint density at radius 2 is 1.57 bits per heavy atom. The maximum atomic E-state index is 10.7. The number of carbonyl (C=O) groups is 3. The van der Waals surface area contributed by atoms with E-state index in [-0.39, 0.29) is 4.90 Å². The molecule has 0 bridgehead atoms. The minimum absolute atomic E-state index is 0.199. The lowest BCUT2D eigenvalue weighted by atomic mass is 10.0. The second kappa shape index (κ2) is 4.18. The predicted molar refractivity (Wildman–Crippen MR) is 47.6 cm³/mol. The van der Waals surface area contributed by atoms with Crippen LogP contribution in [-0.4, -0.2) is 56.6 Å². The number of carboxylic acids is 2. The Balaban J connectivity index is 5.36. The molecule has 0 aliphatic rings. The fraction of sp³-hybridized carbons (Fsp3) is 0.500. The van der Waals surface area contributed by atoms with Gasteiger partial charge in [0.15, 0.2) is 0 Å². The molecule has 14 heavy (non-hydrogen) atoms. The van der Waals surface area contributed by atoms with Crippen molar-refractivity contribution in [2.75, 3.05) is 12.8 Å². The number of likely N-dealkylation sites (N-methyl/N-ethyl adjacent to an activating group) is 1. The summed E-state index contributed by atoms with van der Waals surface area (Å²) in [4.78, 5) is 32.1. The fourth-order valence-electron chi connectivity index (χ4n) is 0.783. The number of amides is 1. The van der Waals surface area contributed by atoms with Crippen molar-refractivity contribution in [3.8, 4) is 0 Å². The van der Waals surface area contributed by atoms with E-state index in [2.05, 4.69) is 12.6 Å². The summed E-state index contributed by atoms with van der Waals surface area (Å²) in [5.41, 5.74) is -2.55. The lowest BCUT2D eigenvalue weighted by Gasteiger charge is -2.30. The summed E-state index contributed by atoms with van der Waals surface area (Å²) in [6, 6.07) is 0. The molecule has 0 spiro atoms. The smallest absolute Gasteiger partial charge is 0.408 e. The third kappa shape index (κ3) is 1.74. The minimum atomic E-state index is -2.55. The standard InChI is InChI=1S/C6H9NO6S/c1-7(5(12)13)6(2-14,3(8)9)4(10)11/h14H,2H2,1H3,(H,8,9)(H,10,11)(H,12,13). The van der Waals surface area contributed by atoms with Gasteiger partial charge in [0.2, 0.25) is 5.54 Å². The lowest BCUT2D eigenvalue weighted by Crippen LogP contribution is -2.61. The Bertz CT molecular complexity index is 263. The van der Waals surface area contributed by atoms with Crippen molar-refractivity contribution < 1.29 is 29.7 Å². The van der Waals surface area contributed by atoms with Crippen LogP contribution >= 0.6 is 12.6 Å². The highest BCUT2D eigenvalue weighted by molar-refractivity contribution is 7.80. The quantitative estimate of drug-likeness (QED) is 0.375. The normalized spacial score (nSPS) is 10.7. The molecule has 0 radical (unpaired) electrons. The molecule has 1 amide bonds. The van der Waals surface area contributed by atoms with E-state index in [0.717, 1.165) is 7.05 Å². The van der Waals surface area contributed by atoms with Gasteiger partial charge in [0.25, 0.3) is 0 Å². The highest BCUT2D eigenvalue weighted by atomic mass is 32.1. The molecular formula is C6H9NO6S. The molecule has 0 saturated heterocycles. The van der Waals surface area contributed by atoms with E-state index in [4.69, 9.17) is 15.3 Å². The number of rotatable bonds is 4. The van der Waals surface area contributed by atoms with Crippen molar-refractivity contribution in [2.24, 2.45) is 0 Å². The van der Waals surface area contributed by atoms with Gasteiger partial charge in [-0.15, -0.1) is 0 Å². The number of aliphatic carboxylic acids is 2. The van der Waals surface area contributed by atoms with E-state index in [9.17, 15) is 14.4 Å². The molecule has 0 saturated carbocycles. The summed E-state index contributed by atoms with van der Waals surface area (Å²) < 4.78 is 0. The van der Waals surface area contributed by atoms with Crippen LogP contribution in [0.3, 0.4) is 0 Å². The first-order chi connectivity index (χ1) is 6.30. The molecule has 0 aliphatic heterocycles. The van der Waals surface area contributed by atoms with Crippen LogP contribution in [0.2, 0.25) is 0 Å². The van der Waals surface area contributed by atoms with Gasteiger partial charge in [-0.05, 0) is 0 Å². The highest BCUT2D eigenvalue weighted by Gasteiger charge is 2.51. The van der Waals surface area contributed by atoms with Crippen molar-refractivity contribution >= 4 is 30.7 Å². The Labute approximate surface area is 84.3 Å². The molecule has 0 aromatic carbocycles. The maximum absolute atomic E-state index is 10.7. The van der Waals surface area contributed by atoms with Gasteiger partial charge in [0.1, 0.15) is 0 Å². The van der Waals surface area contributed by atoms with Gasteiger partial charge < -0.3 is 15.3 Å². The van der Waals surface area contributed by atoms with E-state index in [1.54, 1.807) is 0 Å². The average Bonchev–Trinajstić information content (AvgIpc) is 2.04. The molecule has 0 atom stereocenters. The predicted octanol–water partition coefficient (Wildman–Crippen LogP) is -0.566. The van der Waals surface area contributed by atoms with E-state index in [1.807, 2.05) is 0 Å². The summed E-state index contributed by atoms with van der Waals surface area (Å²) in [6.45, 7) is 0. The molecule has 0 rings (SSSR count). The van der Waals surface area contributed by atoms with Crippen LogP contribution in [-0.2, 0) is 9.59 Å². The summed E-state index contributed by atoms with van der Waals surface area (Å²) in [6.07, 6.45) is -1.65. The van der Waals surface area contributed by atoms with Gasteiger partial charge in [0.05, 0.1) is 0 Å². The molecular weight excluding hydrogens is 214 g/mol. The number of thiol groups is 1. The SMILES string of the molecule is CN(C(=O)O)C(CS)(C(=O)O)C(=O)O. The van der Waals surface area contributed by atoms with Crippen molar-refractivity contribution in [1.29, 1.82) is 0 Å². The molecule has 80 valence electrons. The minimum Gasteiger partial charge on any atom is -0.479 e. The van der Waals surface area contributed by atoms with Gasteiger partial charge in [-0.25, -0.2) is 14.4 Å². The first kappa shape index (κ1) is 12.6. The molecule has 0 aromatic heterocycles. The zero-order valence-corrected chi connectivity index (χ0v) is 8.06. The molecule has 3 N–H and O–H groups in total. The Morgan fingerprint density at radius 3 is 1.64 bits per heavy atom. The van der Waals surface area contributed by atoms with Gasteiger partial charge in [-0.1, -0.05) is 0 Å². The average molecular weight is 223 g/mol. The number of carboxylic acid groups (broad SMARTS) is 3. The van der Waals surface area contributed by atoms with Crippen LogP contribution in [0.15, 0.2) is 0 Å². The molecule has 8 heteroatoms. The van der Waals surface area contributed by atoms with Gasteiger partial charge in [0, 0.05) is 12.8 Å². The van der Waals surface area contributed by atoms with Crippen LogP contribution < -0.4 is 0 Å². The number of hydrogen-bond acceptors (Lipinski definition) is 4. The molecule has 0 fully saturated rings. The van der Waals surface area contributed by atoms with E-state index < -0.39 is 29.3 Å². The molecule has 0 aromatic rings. The number of nitrogens with zero attached hydrogens (tertiary/aromatic N) is 1. The zero-order chi connectivity index (χ0) is 11.5. The van der Waals surface area contributed by atoms with Crippen molar-refractivity contribution in [3.05, 3.63) is 0 Å². The Kier molecular flexibility index (Phi) is 3.75. The van der Waals surface area contributed by atoms with E-state index >= 15 is 0 Å². The van der Waals surface area contributed by atoms with Crippen LogP contribution in [0.1, 0.15) is 0 Å².